The normalized spacial score (nSPS) is 16.6. The molecule has 0 saturated heterocycles. The second-order valence-electron chi connectivity index (χ2n) is 8.05. The third-order valence-electron chi connectivity index (χ3n) is 2.81. The molecular weight excluding hydrogens is 332 g/mol. The molecule has 22 heavy (non-hydrogen) atoms. The van der Waals surface area contributed by atoms with Gasteiger partial charge in [-0.3, -0.25) is 0 Å². The predicted octanol–water partition coefficient (Wildman–Crippen LogP) is 2.91. The van der Waals surface area contributed by atoms with Crippen molar-refractivity contribution in [2.75, 3.05) is 13.2 Å². The molecule has 0 fully saturated rings. The Hall–Kier alpha value is 0.451. The minimum atomic E-state index is -2.19. The van der Waals surface area contributed by atoms with Crippen molar-refractivity contribution in [2.24, 2.45) is 0 Å². The Balaban J connectivity index is 4.36. The van der Waals surface area contributed by atoms with Gasteiger partial charge in [0.2, 0.25) is 0 Å². The van der Waals surface area contributed by atoms with Gasteiger partial charge in [-0.2, -0.15) is 0 Å². The Labute approximate surface area is 139 Å². The van der Waals surface area contributed by atoms with Crippen LogP contribution in [-0.2, 0) is 13.0 Å². The highest BCUT2D eigenvalue weighted by Gasteiger charge is 2.39. The highest BCUT2D eigenvalue weighted by atomic mass is 28.5. The van der Waals surface area contributed by atoms with Crippen molar-refractivity contribution in [1.82, 2.24) is 0 Å². The third-order valence-corrected chi connectivity index (χ3v) is 12.4. The smallest absolute Gasteiger partial charge is 0.314 e. The van der Waals surface area contributed by atoms with Crippen LogP contribution in [0.3, 0.4) is 0 Å². The standard InChI is InChI=1S/C14H36O5Si3/c1-13(15)14(16)12-17-10-9-11-22(8,18-20(2,3)4)19-21(5,6)7/h13-16H,9-12H2,1-8H3. The fourth-order valence-electron chi connectivity index (χ4n) is 2.26. The van der Waals surface area contributed by atoms with Crippen LogP contribution in [0, 0.1) is 0 Å². The molecule has 5 nitrogen and oxygen atoms in total. The molecule has 0 aliphatic heterocycles. The molecule has 8 heteroatoms. The van der Waals surface area contributed by atoms with Crippen molar-refractivity contribution in [1.29, 1.82) is 0 Å². The molecule has 0 aliphatic rings. The summed E-state index contributed by atoms with van der Waals surface area (Å²) in [5, 5.41) is 18.7. The first kappa shape index (κ1) is 22.5. The molecule has 2 atom stereocenters. The van der Waals surface area contributed by atoms with Gasteiger partial charge >= 0.3 is 8.56 Å². The van der Waals surface area contributed by atoms with E-state index in [0.717, 1.165) is 12.5 Å². The van der Waals surface area contributed by atoms with Crippen molar-refractivity contribution < 1.29 is 23.2 Å². The SMILES string of the molecule is CC(O)C(O)COCCC[Si](C)(O[Si](C)(C)C)O[Si](C)(C)C. The van der Waals surface area contributed by atoms with Crippen LogP contribution in [0.5, 0.6) is 0 Å². The summed E-state index contributed by atoms with van der Waals surface area (Å²) in [4.78, 5) is 0. The van der Waals surface area contributed by atoms with E-state index in [1.807, 2.05) is 0 Å². The van der Waals surface area contributed by atoms with Crippen LogP contribution in [0.1, 0.15) is 13.3 Å². The molecular formula is C14H36O5Si3. The lowest BCUT2D eigenvalue weighted by Gasteiger charge is -2.38. The van der Waals surface area contributed by atoms with E-state index in [2.05, 4.69) is 45.8 Å². The fraction of sp³-hybridized carbons (Fsp3) is 1.00. The van der Waals surface area contributed by atoms with Crippen LogP contribution in [-0.4, -0.2) is 60.8 Å². The topological polar surface area (TPSA) is 68.2 Å². The Morgan fingerprint density at radius 1 is 0.864 bits per heavy atom. The molecule has 0 amide bonds. The van der Waals surface area contributed by atoms with Crippen LogP contribution in [0.4, 0.5) is 0 Å². The molecule has 0 rings (SSSR count). The van der Waals surface area contributed by atoms with E-state index in [1.54, 1.807) is 6.92 Å². The summed E-state index contributed by atoms with van der Waals surface area (Å²) in [7, 11) is -5.48. The maximum atomic E-state index is 9.49. The Bertz CT molecular complexity index is 297. The summed E-state index contributed by atoms with van der Waals surface area (Å²) in [5.41, 5.74) is 0. The minimum Gasteiger partial charge on any atom is -0.437 e. The van der Waals surface area contributed by atoms with Crippen molar-refractivity contribution in [3.05, 3.63) is 0 Å². The third kappa shape index (κ3) is 11.9. The van der Waals surface area contributed by atoms with Gasteiger partial charge in [-0.25, -0.2) is 0 Å². The van der Waals surface area contributed by atoms with E-state index in [9.17, 15) is 10.2 Å². The second kappa shape index (κ2) is 9.07. The first-order valence-electron chi connectivity index (χ1n) is 8.08. The zero-order valence-electron chi connectivity index (χ0n) is 15.6. The van der Waals surface area contributed by atoms with E-state index in [1.165, 1.54) is 0 Å². The van der Waals surface area contributed by atoms with Gasteiger partial charge in [0.1, 0.15) is 6.10 Å². The van der Waals surface area contributed by atoms with Gasteiger partial charge in [0.05, 0.1) is 12.7 Å². The van der Waals surface area contributed by atoms with Gasteiger partial charge in [-0.05, 0) is 65.2 Å². The summed E-state index contributed by atoms with van der Waals surface area (Å²) >= 11 is 0. The van der Waals surface area contributed by atoms with Gasteiger partial charge in [-0.1, -0.05) is 0 Å². The maximum absolute atomic E-state index is 9.49. The number of hydrogen-bond acceptors (Lipinski definition) is 5. The first-order chi connectivity index (χ1) is 9.74. The fourth-order valence-corrected chi connectivity index (χ4v) is 14.8. The molecule has 2 N–H and O–H groups in total. The van der Waals surface area contributed by atoms with Gasteiger partial charge in [-0.15, -0.1) is 0 Å². The number of aliphatic hydroxyl groups is 2. The molecule has 0 aromatic heterocycles. The molecule has 0 aliphatic carbocycles. The second-order valence-corrected chi connectivity index (χ2v) is 20.9. The quantitative estimate of drug-likeness (QED) is 0.433. The van der Waals surface area contributed by atoms with E-state index >= 15 is 0 Å². The molecule has 0 heterocycles. The summed E-state index contributed by atoms with van der Waals surface area (Å²) in [5.74, 6) is 0. The summed E-state index contributed by atoms with van der Waals surface area (Å²) in [6, 6.07) is 0.895. The summed E-state index contributed by atoms with van der Waals surface area (Å²) < 4.78 is 18.3. The van der Waals surface area contributed by atoms with Crippen LogP contribution >= 0.6 is 0 Å². The van der Waals surface area contributed by atoms with Gasteiger partial charge in [0, 0.05) is 6.61 Å². The first-order valence-corrected chi connectivity index (χ1v) is 17.4. The highest BCUT2D eigenvalue weighted by Crippen LogP contribution is 2.25. The van der Waals surface area contributed by atoms with Crippen LogP contribution < -0.4 is 0 Å². The lowest BCUT2D eigenvalue weighted by Crippen LogP contribution is -2.52. The number of rotatable bonds is 11. The maximum Gasteiger partial charge on any atom is 0.314 e. The van der Waals surface area contributed by atoms with Gasteiger partial charge < -0.3 is 23.2 Å². The monoisotopic (exact) mass is 368 g/mol. The lowest BCUT2D eigenvalue weighted by molar-refractivity contribution is -0.0303. The van der Waals surface area contributed by atoms with Gasteiger partial charge in [0.15, 0.2) is 16.6 Å². The molecule has 134 valence electrons. The molecule has 0 radical (unpaired) electrons. The predicted molar refractivity (Wildman–Crippen MR) is 98.4 cm³/mol. The average molecular weight is 369 g/mol. The van der Waals surface area contributed by atoms with Crippen molar-refractivity contribution in [2.45, 2.75) is 77.4 Å². The zero-order valence-corrected chi connectivity index (χ0v) is 18.6. The largest absolute Gasteiger partial charge is 0.437 e. The van der Waals surface area contributed by atoms with Crippen LogP contribution in [0.25, 0.3) is 0 Å². The van der Waals surface area contributed by atoms with E-state index < -0.39 is 37.4 Å². The van der Waals surface area contributed by atoms with Crippen LogP contribution in [0.2, 0.25) is 51.9 Å². The Morgan fingerprint density at radius 3 is 1.68 bits per heavy atom. The van der Waals surface area contributed by atoms with E-state index in [0.29, 0.717) is 6.61 Å². The summed E-state index contributed by atoms with van der Waals surface area (Å²) in [6.07, 6.45) is -0.727. The average Bonchev–Trinajstić information content (AvgIpc) is 2.22. The van der Waals surface area contributed by atoms with Crippen LogP contribution in [0.15, 0.2) is 0 Å². The number of hydrogen-bond donors (Lipinski definition) is 2. The summed E-state index contributed by atoms with van der Waals surface area (Å²) in [6.45, 7) is 17.6. The number of aliphatic hydroxyl groups excluding tert-OH is 2. The number of ether oxygens (including phenoxy) is 1. The van der Waals surface area contributed by atoms with Crippen molar-refractivity contribution in [3.8, 4) is 0 Å². The van der Waals surface area contributed by atoms with Crippen molar-refractivity contribution >= 4 is 25.2 Å². The Kier molecular flexibility index (Phi) is 9.26. The molecule has 0 spiro atoms. The molecule has 0 aromatic carbocycles. The van der Waals surface area contributed by atoms with Gasteiger partial charge in [0.25, 0.3) is 0 Å². The molecule has 0 bridgehead atoms. The molecule has 2 unspecified atom stereocenters. The van der Waals surface area contributed by atoms with Crippen molar-refractivity contribution in [3.63, 3.8) is 0 Å². The van der Waals surface area contributed by atoms with E-state index in [-0.39, 0.29) is 6.61 Å². The minimum absolute atomic E-state index is 0.166. The lowest BCUT2D eigenvalue weighted by atomic mass is 10.2. The molecule has 0 aromatic rings. The van der Waals surface area contributed by atoms with E-state index in [4.69, 9.17) is 13.0 Å². The Morgan fingerprint density at radius 2 is 1.32 bits per heavy atom. The molecule has 0 saturated carbocycles. The highest BCUT2D eigenvalue weighted by molar-refractivity contribution is 6.87. The zero-order chi connectivity index (χ0) is 17.6.